The van der Waals surface area contributed by atoms with Crippen molar-refractivity contribution in [2.75, 3.05) is 18.0 Å². The summed E-state index contributed by atoms with van der Waals surface area (Å²) in [4.78, 5) is 11.1. The van der Waals surface area contributed by atoms with E-state index in [9.17, 15) is 4.39 Å². The molecule has 0 spiro atoms. The Morgan fingerprint density at radius 1 is 1.15 bits per heavy atom. The first kappa shape index (κ1) is 11.6. The SMILES string of the molecule is FC1CCCN(c2ccn3c(n2)nc2ccccc23)C1. The third kappa shape index (κ3) is 1.81. The number of hydrogen-bond donors (Lipinski definition) is 0. The van der Waals surface area contributed by atoms with E-state index in [1.807, 2.05) is 45.8 Å². The van der Waals surface area contributed by atoms with E-state index in [4.69, 9.17) is 0 Å². The number of rotatable bonds is 1. The zero-order valence-corrected chi connectivity index (χ0v) is 11.0. The Morgan fingerprint density at radius 2 is 2.05 bits per heavy atom. The standard InChI is InChI=1S/C15H15FN4/c16-11-4-3-8-19(10-11)14-7-9-20-13-6-2-1-5-12(13)17-15(20)18-14/h1-2,5-7,9,11H,3-4,8,10H2. The van der Waals surface area contributed by atoms with Crippen LogP contribution in [0, 0.1) is 0 Å². The molecule has 20 heavy (non-hydrogen) atoms. The molecule has 3 heterocycles. The van der Waals surface area contributed by atoms with Gasteiger partial charge in [0.1, 0.15) is 12.0 Å². The fourth-order valence-corrected chi connectivity index (χ4v) is 2.85. The molecule has 1 fully saturated rings. The molecule has 2 aromatic heterocycles. The molecule has 4 nitrogen and oxygen atoms in total. The Hall–Kier alpha value is -2.17. The van der Waals surface area contributed by atoms with Crippen molar-refractivity contribution in [3.63, 3.8) is 0 Å². The molecule has 0 radical (unpaired) electrons. The average Bonchev–Trinajstić information content (AvgIpc) is 2.85. The lowest BCUT2D eigenvalue weighted by molar-refractivity contribution is 0.286. The molecule has 0 bridgehead atoms. The van der Waals surface area contributed by atoms with Crippen LogP contribution in [0.4, 0.5) is 10.2 Å². The molecule has 1 aliphatic rings. The summed E-state index contributed by atoms with van der Waals surface area (Å²) in [6.07, 6.45) is 2.76. The fraction of sp³-hybridized carbons (Fsp3) is 0.333. The van der Waals surface area contributed by atoms with Crippen LogP contribution in [0.5, 0.6) is 0 Å². The summed E-state index contributed by atoms with van der Waals surface area (Å²) in [6, 6.07) is 9.90. The summed E-state index contributed by atoms with van der Waals surface area (Å²) >= 11 is 0. The lowest BCUT2D eigenvalue weighted by Gasteiger charge is -2.29. The van der Waals surface area contributed by atoms with E-state index in [1.54, 1.807) is 0 Å². The summed E-state index contributed by atoms with van der Waals surface area (Å²) in [7, 11) is 0. The molecular weight excluding hydrogens is 255 g/mol. The maximum absolute atomic E-state index is 13.5. The van der Waals surface area contributed by atoms with Gasteiger partial charge in [0.15, 0.2) is 0 Å². The number of alkyl halides is 1. The van der Waals surface area contributed by atoms with Crippen LogP contribution in [-0.2, 0) is 0 Å². The van der Waals surface area contributed by atoms with Gasteiger partial charge in [0.25, 0.3) is 0 Å². The summed E-state index contributed by atoms with van der Waals surface area (Å²) in [5, 5.41) is 0. The highest BCUT2D eigenvalue weighted by atomic mass is 19.1. The second-order valence-corrected chi connectivity index (χ2v) is 5.24. The Labute approximate surface area is 115 Å². The quantitative estimate of drug-likeness (QED) is 0.681. The van der Waals surface area contributed by atoms with Crippen LogP contribution in [0.1, 0.15) is 12.8 Å². The molecule has 102 valence electrons. The first-order chi connectivity index (χ1) is 9.81. The van der Waals surface area contributed by atoms with Crippen LogP contribution in [0.3, 0.4) is 0 Å². The third-order valence-electron chi connectivity index (χ3n) is 3.85. The predicted molar refractivity (Wildman–Crippen MR) is 76.8 cm³/mol. The van der Waals surface area contributed by atoms with Crippen molar-refractivity contribution in [2.24, 2.45) is 0 Å². The van der Waals surface area contributed by atoms with E-state index in [2.05, 4.69) is 9.97 Å². The van der Waals surface area contributed by atoms with Gasteiger partial charge < -0.3 is 4.90 Å². The number of nitrogens with zero attached hydrogens (tertiary/aromatic N) is 4. The van der Waals surface area contributed by atoms with E-state index in [1.165, 1.54) is 0 Å². The number of anilines is 1. The molecule has 0 saturated carbocycles. The number of para-hydroxylation sites is 2. The maximum atomic E-state index is 13.5. The molecule has 5 heteroatoms. The van der Waals surface area contributed by atoms with Crippen LogP contribution < -0.4 is 4.90 Å². The summed E-state index contributed by atoms with van der Waals surface area (Å²) in [5.74, 6) is 1.49. The van der Waals surface area contributed by atoms with Crippen molar-refractivity contribution in [2.45, 2.75) is 19.0 Å². The van der Waals surface area contributed by atoms with Crippen molar-refractivity contribution >= 4 is 22.6 Å². The number of halogens is 1. The summed E-state index contributed by atoms with van der Waals surface area (Å²) in [6.45, 7) is 1.30. The van der Waals surface area contributed by atoms with E-state index < -0.39 is 6.17 Å². The van der Waals surface area contributed by atoms with Crippen LogP contribution in [0.25, 0.3) is 16.8 Å². The molecule has 1 aromatic carbocycles. The lowest BCUT2D eigenvalue weighted by Crippen LogP contribution is -2.36. The van der Waals surface area contributed by atoms with Gasteiger partial charge in [-0.15, -0.1) is 0 Å². The minimum atomic E-state index is -0.749. The minimum absolute atomic E-state index is 0.434. The van der Waals surface area contributed by atoms with Gasteiger partial charge in [-0.2, -0.15) is 4.98 Å². The molecule has 0 N–H and O–H groups in total. The van der Waals surface area contributed by atoms with Gasteiger partial charge in [-0.1, -0.05) is 12.1 Å². The van der Waals surface area contributed by atoms with Gasteiger partial charge in [0, 0.05) is 12.7 Å². The monoisotopic (exact) mass is 270 g/mol. The van der Waals surface area contributed by atoms with Gasteiger partial charge in [-0.05, 0) is 31.0 Å². The Morgan fingerprint density at radius 3 is 2.95 bits per heavy atom. The number of imidazole rings is 1. The van der Waals surface area contributed by atoms with Gasteiger partial charge in [-0.25, -0.2) is 9.37 Å². The van der Waals surface area contributed by atoms with E-state index in [0.29, 0.717) is 18.7 Å². The van der Waals surface area contributed by atoms with Gasteiger partial charge >= 0.3 is 0 Å². The van der Waals surface area contributed by atoms with E-state index in [0.717, 1.165) is 29.8 Å². The zero-order chi connectivity index (χ0) is 13.5. The van der Waals surface area contributed by atoms with Crippen molar-refractivity contribution in [1.82, 2.24) is 14.4 Å². The van der Waals surface area contributed by atoms with Crippen molar-refractivity contribution in [1.29, 1.82) is 0 Å². The van der Waals surface area contributed by atoms with Gasteiger partial charge in [-0.3, -0.25) is 4.40 Å². The lowest BCUT2D eigenvalue weighted by atomic mass is 10.1. The molecular formula is C15H15FN4. The number of benzene rings is 1. The normalized spacial score (nSPS) is 19.9. The van der Waals surface area contributed by atoms with Crippen molar-refractivity contribution in [3.05, 3.63) is 36.5 Å². The highest BCUT2D eigenvalue weighted by Gasteiger charge is 2.20. The molecule has 1 saturated heterocycles. The van der Waals surface area contributed by atoms with E-state index >= 15 is 0 Å². The van der Waals surface area contributed by atoms with Crippen LogP contribution >= 0.6 is 0 Å². The molecule has 4 rings (SSSR count). The molecule has 3 aromatic rings. The first-order valence-corrected chi connectivity index (χ1v) is 6.94. The van der Waals surface area contributed by atoms with Crippen molar-refractivity contribution < 1.29 is 4.39 Å². The molecule has 1 atom stereocenters. The Kier molecular flexibility index (Phi) is 2.58. The molecule has 0 aliphatic carbocycles. The van der Waals surface area contributed by atoms with Crippen molar-refractivity contribution in [3.8, 4) is 0 Å². The summed E-state index contributed by atoms with van der Waals surface area (Å²) < 4.78 is 15.5. The minimum Gasteiger partial charge on any atom is -0.354 e. The summed E-state index contributed by atoms with van der Waals surface area (Å²) in [5.41, 5.74) is 1.97. The second kappa shape index (κ2) is 4.44. The predicted octanol–water partition coefficient (Wildman–Crippen LogP) is 2.82. The topological polar surface area (TPSA) is 33.4 Å². The average molecular weight is 270 g/mol. The van der Waals surface area contributed by atoms with Crippen LogP contribution in [-0.4, -0.2) is 33.6 Å². The smallest absolute Gasteiger partial charge is 0.236 e. The highest BCUT2D eigenvalue weighted by molar-refractivity contribution is 5.79. The van der Waals surface area contributed by atoms with Crippen LogP contribution in [0.2, 0.25) is 0 Å². The fourth-order valence-electron chi connectivity index (χ4n) is 2.85. The van der Waals surface area contributed by atoms with Gasteiger partial charge in [0.05, 0.1) is 17.6 Å². The largest absolute Gasteiger partial charge is 0.354 e. The molecule has 0 amide bonds. The second-order valence-electron chi connectivity index (χ2n) is 5.24. The highest BCUT2D eigenvalue weighted by Crippen LogP contribution is 2.22. The number of fused-ring (bicyclic) bond motifs is 3. The third-order valence-corrected chi connectivity index (χ3v) is 3.85. The number of piperidine rings is 1. The van der Waals surface area contributed by atoms with Gasteiger partial charge in [0.2, 0.25) is 5.78 Å². The maximum Gasteiger partial charge on any atom is 0.236 e. The molecule has 1 aliphatic heterocycles. The Balaban J connectivity index is 1.80. The number of hydrogen-bond acceptors (Lipinski definition) is 3. The number of aromatic nitrogens is 3. The Bertz CT molecular complexity index is 767. The first-order valence-electron chi connectivity index (χ1n) is 6.94. The molecule has 1 unspecified atom stereocenters. The zero-order valence-electron chi connectivity index (χ0n) is 11.0. The van der Waals surface area contributed by atoms with Crippen LogP contribution in [0.15, 0.2) is 36.5 Å². The van der Waals surface area contributed by atoms with E-state index in [-0.39, 0.29) is 0 Å².